The molecule has 1 heterocycles. The fraction of sp³-hybridized carbons (Fsp3) is 0.370. The maximum atomic E-state index is 12.9. The summed E-state index contributed by atoms with van der Waals surface area (Å²) in [6.07, 6.45) is 1.89. The summed E-state index contributed by atoms with van der Waals surface area (Å²) in [4.78, 5) is 36.3. The molecule has 184 valence electrons. The third kappa shape index (κ3) is 5.71. The normalized spacial score (nSPS) is 16.7. The fourth-order valence-corrected chi connectivity index (χ4v) is 4.73. The Bertz CT molecular complexity index is 1090. The van der Waals surface area contributed by atoms with Gasteiger partial charge in [0, 0.05) is 37.7 Å². The van der Waals surface area contributed by atoms with Gasteiger partial charge in [-0.15, -0.1) is 0 Å². The van der Waals surface area contributed by atoms with Crippen LogP contribution in [-0.4, -0.2) is 55.0 Å². The van der Waals surface area contributed by atoms with Gasteiger partial charge >= 0.3 is 12.1 Å². The first-order valence-corrected chi connectivity index (χ1v) is 11.8. The zero-order valence-electron chi connectivity index (χ0n) is 19.7. The Morgan fingerprint density at radius 1 is 1.06 bits per heavy atom. The molecule has 0 unspecified atom stereocenters. The lowest BCUT2D eigenvalue weighted by atomic mass is 9.86. The highest BCUT2D eigenvalue weighted by Gasteiger charge is 2.37. The smallest absolute Gasteiger partial charge is 0.407 e. The van der Waals surface area contributed by atoms with Crippen molar-refractivity contribution in [1.29, 1.82) is 0 Å². The Morgan fingerprint density at radius 3 is 2.26 bits per heavy atom. The number of carbonyl (C=O) groups is 3. The van der Waals surface area contributed by atoms with E-state index in [1.165, 1.54) is 13.0 Å². The monoisotopic (exact) mass is 478 g/mol. The molecule has 3 N–H and O–H groups in total. The summed E-state index contributed by atoms with van der Waals surface area (Å²) in [5.74, 6) is -1.36. The van der Waals surface area contributed by atoms with Crippen molar-refractivity contribution in [2.24, 2.45) is 0 Å². The Morgan fingerprint density at radius 2 is 1.66 bits per heavy atom. The van der Waals surface area contributed by atoms with Gasteiger partial charge in [-0.2, -0.15) is 0 Å². The molecule has 8 nitrogen and oxygen atoms in total. The number of nitrogens with one attached hydrogen (secondary N) is 2. The van der Waals surface area contributed by atoms with E-state index >= 15 is 0 Å². The summed E-state index contributed by atoms with van der Waals surface area (Å²) < 4.78 is 11.1. The Labute approximate surface area is 204 Å². The molecule has 2 aromatic rings. The lowest BCUT2D eigenvalue weighted by Crippen LogP contribution is -2.54. The number of rotatable bonds is 8. The number of amides is 2. The molecule has 1 aliphatic carbocycles. The maximum Gasteiger partial charge on any atom is 0.407 e. The van der Waals surface area contributed by atoms with Crippen molar-refractivity contribution in [3.63, 3.8) is 0 Å². The highest BCUT2D eigenvalue weighted by Crippen LogP contribution is 2.44. The van der Waals surface area contributed by atoms with Gasteiger partial charge in [-0.1, -0.05) is 54.6 Å². The van der Waals surface area contributed by atoms with E-state index in [2.05, 4.69) is 34.9 Å². The van der Waals surface area contributed by atoms with Crippen LogP contribution in [0.25, 0.3) is 11.1 Å². The maximum absolute atomic E-state index is 12.9. The lowest BCUT2D eigenvalue weighted by Gasteiger charge is -2.37. The van der Waals surface area contributed by atoms with Gasteiger partial charge in [0.1, 0.15) is 6.61 Å². The molecule has 1 aliphatic heterocycles. The molecule has 0 bridgehead atoms. The molecule has 8 heteroatoms. The molecule has 0 radical (unpaired) electrons. The summed E-state index contributed by atoms with van der Waals surface area (Å²) in [5.41, 5.74) is 3.94. The third-order valence-electron chi connectivity index (χ3n) is 6.70. The van der Waals surface area contributed by atoms with Gasteiger partial charge in [0.2, 0.25) is 5.91 Å². The Hall–Kier alpha value is -3.65. The van der Waals surface area contributed by atoms with Gasteiger partial charge in [-0.05, 0) is 42.0 Å². The number of benzene rings is 2. The van der Waals surface area contributed by atoms with Crippen molar-refractivity contribution in [3.05, 3.63) is 71.3 Å². The minimum absolute atomic E-state index is 0.0497. The molecule has 4 rings (SSSR count). The van der Waals surface area contributed by atoms with Crippen molar-refractivity contribution in [2.45, 2.75) is 37.6 Å². The Kier molecular flexibility index (Phi) is 7.51. The minimum Gasteiger partial charge on any atom is -0.478 e. The van der Waals surface area contributed by atoms with Crippen LogP contribution >= 0.6 is 0 Å². The quantitative estimate of drug-likeness (QED) is 0.500. The highest BCUT2D eigenvalue weighted by molar-refractivity contribution is 5.86. The van der Waals surface area contributed by atoms with E-state index in [0.29, 0.717) is 26.1 Å². The first-order chi connectivity index (χ1) is 16.9. The number of carboxylic acids is 1. The summed E-state index contributed by atoms with van der Waals surface area (Å²) in [7, 11) is 0. The van der Waals surface area contributed by atoms with Crippen LogP contribution < -0.4 is 10.6 Å². The summed E-state index contributed by atoms with van der Waals surface area (Å²) in [6.45, 7) is 2.61. The molecule has 0 saturated carbocycles. The van der Waals surface area contributed by atoms with Gasteiger partial charge in [-0.25, -0.2) is 9.59 Å². The fourth-order valence-electron chi connectivity index (χ4n) is 4.73. The molecule has 2 aliphatic rings. The average molecular weight is 479 g/mol. The number of carboxylic acid groups (broad SMARTS) is 1. The number of alkyl carbamates (subject to hydrolysis) is 1. The first kappa shape index (κ1) is 24.5. The molecule has 2 amide bonds. The van der Waals surface area contributed by atoms with Gasteiger partial charge in [0.25, 0.3) is 0 Å². The SMILES string of the molecule is C/C(=C\CNC(=O)CC1(NC(=O)OCC2c3ccccc3-c3ccccc32)CCOCC1)C(=O)O. The van der Waals surface area contributed by atoms with Crippen LogP contribution in [0.3, 0.4) is 0 Å². The van der Waals surface area contributed by atoms with Gasteiger partial charge in [-0.3, -0.25) is 4.79 Å². The molecule has 1 saturated heterocycles. The van der Waals surface area contributed by atoms with Gasteiger partial charge in [0.05, 0.1) is 5.54 Å². The van der Waals surface area contributed by atoms with E-state index in [1.807, 2.05) is 24.3 Å². The molecule has 0 aromatic heterocycles. The van der Waals surface area contributed by atoms with E-state index in [9.17, 15) is 14.4 Å². The van der Waals surface area contributed by atoms with Crippen LogP contribution in [0.2, 0.25) is 0 Å². The number of hydrogen-bond donors (Lipinski definition) is 3. The molecule has 2 aromatic carbocycles. The average Bonchev–Trinajstić information content (AvgIpc) is 3.16. The van der Waals surface area contributed by atoms with Gasteiger partial charge in [0.15, 0.2) is 0 Å². The van der Waals surface area contributed by atoms with Crippen molar-refractivity contribution >= 4 is 18.0 Å². The molecule has 35 heavy (non-hydrogen) atoms. The van der Waals surface area contributed by atoms with Crippen molar-refractivity contribution in [2.75, 3.05) is 26.4 Å². The summed E-state index contributed by atoms with van der Waals surface area (Å²) in [5, 5.41) is 14.6. The van der Waals surface area contributed by atoms with Gasteiger partial charge < -0.3 is 25.2 Å². The zero-order chi connectivity index (χ0) is 24.8. The van der Waals surface area contributed by atoms with Crippen LogP contribution in [0.5, 0.6) is 0 Å². The van der Waals surface area contributed by atoms with Crippen molar-refractivity contribution < 1.29 is 29.0 Å². The minimum atomic E-state index is -1.03. The van der Waals surface area contributed by atoms with E-state index in [1.54, 1.807) is 0 Å². The molecule has 1 fully saturated rings. The third-order valence-corrected chi connectivity index (χ3v) is 6.70. The Balaban J connectivity index is 1.38. The largest absolute Gasteiger partial charge is 0.478 e. The first-order valence-electron chi connectivity index (χ1n) is 11.8. The van der Waals surface area contributed by atoms with Crippen molar-refractivity contribution in [3.8, 4) is 11.1 Å². The highest BCUT2D eigenvalue weighted by atomic mass is 16.5. The van der Waals surface area contributed by atoms with E-state index in [-0.39, 0.29) is 37.0 Å². The topological polar surface area (TPSA) is 114 Å². The molecular formula is C27H30N2O6. The van der Waals surface area contributed by atoms with Crippen LogP contribution in [0, 0.1) is 0 Å². The van der Waals surface area contributed by atoms with E-state index in [4.69, 9.17) is 14.6 Å². The second-order valence-electron chi connectivity index (χ2n) is 9.02. The molecule has 0 spiro atoms. The predicted molar refractivity (Wildman–Crippen MR) is 130 cm³/mol. The number of ether oxygens (including phenoxy) is 2. The number of fused-ring (bicyclic) bond motifs is 3. The predicted octanol–water partition coefficient (Wildman–Crippen LogP) is 3.61. The molecule has 0 atom stereocenters. The van der Waals surface area contributed by atoms with Crippen LogP contribution in [-0.2, 0) is 19.1 Å². The summed E-state index contributed by atoms with van der Waals surface area (Å²) in [6, 6.07) is 16.3. The van der Waals surface area contributed by atoms with Crippen LogP contribution in [0.1, 0.15) is 43.2 Å². The standard InChI is InChI=1S/C27H30N2O6/c1-18(25(31)32)10-13-28-24(30)16-27(11-14-34-15-12-27)29-26(33)35-17-23-21-8-4-2-6-19(21)20-7-3-5-9-22(20)23/h2-10,23H,11-17H2,1H3,(H,28,30)(H,29,33)(H,31,32)/b18-10+. The van der Waals surface area contributed by atoms with E-state index in [0.717, 1.165) is 22.3 Å². The number of aliphatic carboxylic acids is 1. The summed E-state index contributed by atoms with van der Waals surface area (Å²) >= 11 is 0. The number of hydrogen-bond acceptors (Lipinski definition) is 5. The lowest BCUT2D eigenvalue weighted by molar-refractivity contribution is -0.132. The van der Waals surface area contributed by atoms with Crippen molar-refractivity contribution in [1.82, 2.24) is 10.6 Å². The van der Waals surface area contributed by atoms with Crippen LogP contribution in [0.15, 0.2) is 60.2 Å². The molecular weight excluding hydrogens is 448 g/mol. The second kappa shape index (κ2) is 10.7. The second-order valence-corrected chi connectivity index (χ2v) is 9.02. The zero-order valence-corrected chi connectivity index (χ0v) is 19.7. The number of carbonyl (C=O) groups excluding carboxylic acids is 2. The van der Waals surface area contributed by atoms with Crippen LogP contribution in [0.4, 0.5) is 4.79 Å². The van der Waals surface area contributed by atoms with E-state index < -0.39 is 17.6 Å².